The van der Waals surface area contributed by atoms with Gasteiger partial charge >= 0.3 is 0 Å². The SMILES string of the molecule is CC1CCN(C(C)(C)C)CCCN1. The molecule has 1 aliphatic rings. The van der Waals surface area contributed by atoms with Crippen LogP contribution in [0.1, 0.15) is 40.5 Å². The topological polar surface area (TPSA) is 15.3 Å². The Morgan fingerprint density at radius 3 is 2.54 bits per heavy atom. The second kappa shape index (κ2) is 4.43. The molecule has 1 fully saturated rings. The third-order valence-electron chi connectivity index (χ3n) is 2.88. The zero-order chi connectivity index (χ0) is 9.90. The van der Waals surface area contributed by atoms with Crippen LogP contribution in [0.2, 0.25) is 0 Å². The van der Waals surface area contributed by atoms with Crippen molar-refractivity contribution < 1.29 is 0 Å². The lowest BCUT2D eigenvalue weighted by Crippen LogP contribution is -2.47. The van der Waals surface area contributed by atoms with Crippen LogP contribution in [0, 0.1) is 0 Å². The molecule has 13 heavy (non-hydrogen) atoms. The minimum absolute atomic E-state index is 0.344. The Balaban J connectivity index is 2.46. The Bertz CT molecular complexity index is 149. The molecule has 1 saturated heterocycles. The monoisotopic (exact) mass is 184 g/mol. The lowest BCUT2D eigenvalue weighted by atomic mass is 10.0. The molecule has 1 aliphatic heterocycles. The Labute approximate surface area is 82.7 Å². The smallest absolute Gasteiger partial charge is 0.0125 e. The van der Waals surface area contributed by atoms with Crippen LogP contribution in [0.5, 0.6) is 0 Å². The second-order valence-corrected chi connectivity index (χ2v) is 5.16. The Kier molecular flexibility index (Phi) is 3.74. The highest BCUT2D eigenvalue weighted by Crippen LogP contribution is 2.15. The van der Waals surface area contributed by atoms with Gasteiger partial charge in [-0.2, -0.15) is 0 Å². The van der Waals surface area contributed by atoms with Gasteiger partial charge in [0.1, 0.15) is 0 Å². The van der Waals surface area contributed by atoms with Gasteiger partial charge in [-0.1, -0.05) is 0 Å². The molecule has 0 radical (unpaired) electrons. The molecule has 0 aromatic heterocycles. The predicted molar refractivity (Wildman–Crippen MR) is 58.0 cm³/mol. The molecule has 2 nitrogen and oxygen atoms in total. The largest absolute Gasteiger partial charge is 0.314 e. The molecule has 1 N–H and O–H groups in total. The van der Waals surface area contributed by atoms with E-state index in [0.29, 0.717) is 11.6 Å². The maximum atomic E-state index is 3.53. The van der Waals surface area contributed by atoms with Crippen molar-refractivity contribution in [2.75, 3.05) is 19.6 Å². The normalized spacial score (nSPS) is 28.2. The standard InChI is InChI=1S/C11H24N2/c1-10-6-9-13(11(2,3)4)8-5-7-12-10/h10,12H,5-9H2,1-4H3. The summed E-state index contributed by atoms with van der Waals surface area (Å²) in [6.45, 7) is 12.9. The van der Waals surface area contributed by atoms with Gasteiger partial charge in [0.2, 0.25) is 0 Å². The van der Waals surface area contributed by atoms with E-state index in [0.717, 1.165) is 0 Å². The first kappa shape index (κ1) is 11.0. The summed E-state index contributed by atoms with van der Waals surface area (Å²) in [6.07, 6.45) is 2.55. The Morgan fingerprint density at radius 1 is 1.23 bits per heavy atom. The average Bonchev–Trinajstić information content (AvgIpc) is 1.94. The summed E-state index contributed by atoms with van der Waals surface area (Å²) in [7, 11) is 0. The highest BCUT2D eigenvalue weighted by molar-refractivity contribution is 4.79. The zero-order valence-electron chi connectivity index (χ0n) is 9.56. The third-order valence-corrected chi connectivity index (χ3v) is 2.88. The number of rotatable bonds is 0. The van der Waals surface area contributed by atoms with Gasteiger partial charge in [0.05, 0.1) is 0 Å². The molecular weight excluding hydrogens is 160 g/mol. The van der Waals surface area contributed by atoms with Crippen molar-refractivity contribution in [1.82, 2.24) is 10.2 Å². The van der Waals surface area contributed by atoms with Crippen molar-refractivity contribution in [2.24, 2.45) is 0 Å². The summed E-state index contributed by atoms with van der Waals surface area (Å²) < 4.78 is 0. The van der Waals surface area contributed by atoms with Gasteiger partial charge in [0.15, 0.2) is 0 Å². The molecule has 0 spiro atoms. The summed E-state index contributed by atoms with van der Waals surface area (Å²) in [4.78, 5) is 2.60. The molecule has 0 aromatic carbocycles. The summed E-state index contributed by atoms with van der Waals surface area (Å²) in [5, 5.41) is 3.53. The average molecular weight is 184 g/mol. The van der Waals surface area contributed by atoms with Crippen LogP contribution in [-0.4, -0.2) is 36.1 Å². The number of hydrogen-bond acceptors (Lipinski definition) is 2. The van der Waals surface area contributed by atoms with Gasteiger partial charge in [-0.15, -0.1) is 0 Å². The molecular formula is C11H24N2. The van der Waals surface area contributed by atoms with Gasteiger partial charge in [0, 0.05) is 18.1 Å². The van der Waals surface area contributed by atoms with Crippen LogP contribution < -0.4 is 5.32 Å². The highest BCUT2D eigenvalue weighted by atomic mass is 15.2. The van der Waals surface area contributed by atoms with Gasteiger partial charge in [-0.05, 0) is 53.6 Å². The number of hydrogen-bond donors (Lipinski definition) is 1. The van der Waals surface area contributed by atoms with Crippen molar-refractivity contribution in [1.29, 1.82) is 0 Å². The number of nitrogens with one attached hydrogen (secondary N) is 1. The maximum absolute atomic E-state index is 3.53. The molecule has 1 rings (SSSR count). The minimum atomic E-state index is 0.344. The third kappa shape index (κ3) is 3.65. The fourth-order valence-corrected chi connectivity index (χ4v) is 1.85. The van der Waals surface area contributed by atoms with Crippen molar-refractivity contribution in [3.63, 3.8) is 0 Å². The van der Waals surface area contributed by atoms with Gasteiger partial charge in [0.25, 0.3) is 0 Å². The van der Waals surface area contributed by atoms with Crippen LogP contribution in [0.3, 0.4) is 0 Å². The van der Waals surface area contributed by atoms with E-state index in [1.54, 1.807) is 0 Å². The fraction of sp³-hybridized carbons (Fsp3) is 1.00. The molecule has 1 atom stereocenters. The van der Waals surface area contributed by atoms with Crippen LogP contribution >= 0.6 is 0 Å². The Hall–Kier alpha value is -0.0800. The lowest BCUT2D eigenvalue weighted by Gasteiger charge is -2.38. The molecule has 0 aromatic rings. The van der Waals surface area contributed by atoms with E-state index in [4.69, 9.17) is 0 Å². The van der Waals surface area contributed by atoms with Crippen LogP contribution in [0.15, 0.2) is 0 Å². The molecule has 1 heterocycles. The lowest BCUT2D eigenvalue weighted by molar-refractivity contribution is 0.120. The van der Waals surface area contributed by atoms with E-state index >= 15 is 0 Å². The highest BCUT2D eigenvalue weighted by Gasteiger charge is 2.22. The molecule has 0 saturated carbocycles. The zero-order valence-corrected chi connectivity index (χ0v) is 9.56. The first-order chi connectivity index (χ1) is 6.00. The molecule has 78 valence electrons. The van der Waals surface area contributed by atoms with Crippen molar-refractivity contribution in [3.8, 4) is 0 Å². The molecule has 0 amide bonds. The molecule has 0 bridgehead atoms. The van der Waals surface area contributed by atoms with Gasteiger partial charge in [-0.3, -0.25) is 4.90 Å². The van der Waals surface area contributed by atoms with E-state index in [9.17, 15) is 0 Å². The van der Waals surface area contributed by atoms with Gasteiger partial charge < -0.3 is 5.32 Å². The first-order valence-corrected chi connectivity index (χ1v) is 5.48. The van der Waals surface area contributed by atoms with E-state index in [1.165, 1.54) is 32.5 Å². The summed E-state index contributed by atoms with van der Waals surface area (Å²) >= 11 is 0. The van der Waals surface area contributed by atoms with Crippen molar-refractivity contribution in [2.45, 2.75) is 52.1 Å². The van der Waals surface area contributed by atoms with E-state index < -0.39 is 0 Å². The van der Waals surface area contributed by atoms with Crippen LogP contribution in [0.4, 0.5) is 0 Å². The molecule has 1 unspecified atom stereocenters. The first-order valence-electron chi connectivity index (χ1n) is 5.48. The Morgan fingerprint density at radius 2 is 1.92 bits per heavy atom. The van der Waals surface area contributed by atoms with Crippen molar-refractivity contribution >= 4 is 0 Å². The van der Waals surface area contributed by atoms with Crippen LogP contribution in [0.25, 0.3) is 0 Å². The van der Waals surface area contributed by atoms with E-state index in [1.807, 2.05) is 0 Å². The van der Waals surface area contributed by atoms with E-state index in [-0.39, 0.29) is 0 Å². The second-order valence-electron chi connectivity index (χ2n) is 5.16. The summed E-state index contributed by atoms with van der Waals surface area (Å²) in [5.74, 6) is 0. The fourth-order valence-electron chi connectivity index (χ4n) is 1.85. The van der Waals surface area contributed by atoms with Crippen molar-refractivity contribution in [3.05, 3.63) is 0 Å². The summed E-state index contributed by atoms with van der Waals surface area (Å²) in [5.41, 5.74) is 0.344. The van der Waals surface area contributed by atoms with Gasteiger partial charge in [-0.25, -0.2) is 0 Å². The van der Waals surface area contributed by atoms with Crippen LogP contribution in [-0.2, 0) is 0 Å². The summed E-state index contributed by atoms with van der Waals surface area (Å²) in [6, 6.07) is 0.685. The number of nitrogens with zero attached hydrogens (tertiary/aromatic N) is 1. The molecule has 0 aliphatic carbocycles. The molecule has 2 heteroatoms. The predicted octanol–water partition coefficient (Wildman–Crippen LogP) is 1.86. The quantitative estimate of drug-likeness (QED) is 0.618. The maximum Gasteiger partial charge on any atom is 0.0125 e. The minimum Gasteiger partial charge on any atom is -0.314 e. The van der Waals surface area contributed by atoms with E-state index in [2.05, 4.69) is 37.9 Å².